The van der Waals surface area contributed by atoms with Gasteiger partial charge in [0.05, 0.1) is 12.8 Å². The van der Waals surface area contributed by atoms with Crippen LogP contribution in [-0.2, 0) is 20.4 Å². The van der Waals surface area contributed by atoms with E-state index in [1.807, 2.05) is 6.92 Å². The van der Waals surface area contributed by atoms with Crippen LogP contribution in [0.4, 0.5) is 0 Å². The first kappa shape index (κ1) is 19.6. The maximum absolute atomic E-state index is 11.7. The number of aromatic amines is 1. The van der Waals surface area contributed by atoms with Gasteiger partial charge in [-0.1, -0.05) is 12.2 Å². The van der Waals surface area contributed by atoms with Crippen LogP contribution in [0.5, 0.6) is 0 Å². The Labute approximate surface area is 134 Å². The second-order valence-corrected chi connectivity index (χ2v) is 6.80. The minimum absolute atomic E-state index is 0.140. The van der Waals surface area contributed by atoms with Crippen LogP contribution in [0.15, 0.2) is 27.9 Å². The SMILES string of the molecule is CCOCCCOP(=O)(O)CC=CCn1cc(C)c(=O)[nH]c1=O. The third-order valence-corrected chi connectivity index (χ3v) is 4.18. The highest BCUT2D eigenvalue weighted by atomic mass is 31.2. The summed E-state index contributed by atoms with van der Waals surface area (Å²) in [5.41, 5.74) is -0.524. The summed E-state index contributed by atoms with van der Waals surface area (Å²) in [6.45, 7) is 4.90. The van der Waals surface area contributed by atoms with E-state index in [9.17, 15) is 19.0 Å². The quantitative estimate of drug-likeness (QED) is 0.372. The molecule has 1 aromatic rings. The normalized spacial score (nSPS) is 14.2. The minimum atomic E-state index is -3.68. The van der Waals surface area contributed by atoms with Gasteiger partial charge in [0.1, 0.15) is 0 Å². The summed E-state index contributed by atoms with van der Waals surface area (Å²) in [7, 11) is -3.68. The summed E-state index contributed by atoms with van der Waals surface area (Å²) in [4.78, 5) is 34.6. The molecule has 0 saturated carbocycles. The van der Waals surface area contributed by atoms with Gasteiger partial charge in [0.15, 0.2) is 0 Å². The zero-order chi connectivity index (χ0) is 17.3. The lowest BCUT2D eigenvalue weighted by Crippen LogP contribution is -2.30. The number of hydrogen-bond acceptors (Lipinski definition) is 5. The number of nitrogens with zero attached hydrogens (tertiary/aromatic N) is 1. The van der Waals surface area contributed by atoms with E-state index < -0.39 is 18.8 Å². The van der Waals surface area contributed by atoms with Crippen molar-refractivity contribution in [1.82, 2.24) is 9.55 Å². The molecule has 130 valence electrons. The fourth-order valence-electron chi connectivity index (χ4n) is 1.72. The summed E-state index contributed by atoms with van der Waals surface area (Å²) in [6.07, 6.45) is 4.91. The molecule has 0 radical (unpaired) electrons. The van der Waals surface area contributed by atoms with Crippen LogP contribution in [0.2, 0.25) is 0 Å². The van der Waals surface area contributed by atoms with Gasteiger partial charge in [-0.05, 0) is 20.3 Å². The fraction of sp³-hybridized carbons (Fsp3) is 0.571. The number of allylic oxidation sites excluding steroid dienone is 2. The van der Waals surface area contributed by atoms with E-state index in [4.69, 9.17) is 9.26 Å². The highest BCUT2D eigenvalue weighted by Crippen LogP contribution is 2.41. The third kappa shape index (κ3) is 7.56. The van der Waals surface area contributed by atoms with Crippen molar-refractivity contribution in [3.05, 3.63) is 44.8 Å². The van der Waals surface area contributed by atoms with Crippen molar-refractivity contribution in [3.8, 4) is 0 Å². The summed E-state index contributed by atoms with van der Waals surface area (Å²) < 4.78 is 23.1. The molecule has 1 unspecified atom stereocenters. The van der Waals surface area contributed by atoms with Gasteiger partial charge in [-0.15, -0.1) is 0 Å². The van der Waals surface area contributed by atoms with Crippen LogP contribution < -0.4 is 11.2 Å². The predicted molar refractivity (Wildman–Crippen MR) is 87.0 cm³/mol. The molecule has 0 bridgehead atoms. The molecule has 1 atom stereocenters. The monoisotopic (exact) mass is 346 g/mol. The van der Waals surface area contributed by atoms with Gasteiger partial charge < -0.3 is 14.2 Å². The molecule has 9 heteroatoms. The van der Waals surface area contributed by atoms with E-state index in [-0.39, 0.29) is 19.3 Å². The number of H-pyrrole nitrogens is 1. The summed E-state index contributed by atoms with van der Waals surface area (Å²) in [5.74, 6) is 0. The van der Waals surface area contributed by atoms with Crippen molar-refractivity contribution in [1.29, 1.82) is 0 Å². The Morgan fingerprint density at radius 2 is 2.09 bits per heavy atom. The van der Waals surface area contributed by atoms with Gasteiger partial charge in [0, 0.05) is 31.5 Å². The number of nitrogens with one attached hydrogen (secondary N) is 1. The van der Waals surface area contributed by atoms with Crippen molar-refractivity contribution in [2.45, 2.75) is 26.8 Å². The smallest absolute Gasteiger partial charge is 0.331 e. The van der Waals surface area contributed by atoms with E-state index in [1.54, 1.807) is 13.0 Å². The molecule has 0 spiro atoms. The number of aryl methyl sites for hydroxylation is 1. The largest absolute Gasteiger partial charge is 0.382 e. The first-order valence-corrected chi connectivity index (χ1v) is 9.11. The lowest BCUT2D eigenvalue weighted by Gasteiger charge is -2.10. The van der Waals surface area contributed by atoms with E-state index in [2.05, 4.69) is 4.98 Å². The molecule has 0 aliphatic heterocycles. The Hall–Kier alpha value is -1.47. The lowest BCUT2D eigenvalue weighted by atomic mass is 10.4. The van der Waals surface area contributed by atoms with Gasteiger partial charge in [0.25, 0.3) is 5.56 Å². The number of ether oxygens (including phenoxy) is 1. The molecule has 0 amide bonds. The van der Waals surface area contributed by atoms with Crippen molar-refractivity contribution < 1.29 is 18.7 Å². The van der Waals surface area contributed by atoms with Crippen LogP contribution in [-0.4, -0.2) is 40.4 Å². The van der Waals surface area contributed by atoms with E-state index in [0.29, 0.717) is 25.2 Å². The lowest BCUT2D eigenvalue weighted by molar-refractivity contribution is 0.128. The first-order valence-electron chi connectivity index (χ1n) is 7.35. The fourth-order valence-corrected chi connectivity index (χ4v) is 2.65. The Bertz CT molecular complexity index is 679. The van der Waals surface area contributed by atoms with Gasteiger partial charge in [-0.2, -0.15) is 0 Å². The molecule has 2 N–H and O–H groups in total. The molecular weight excluding hydrogens is 323 g/mol. The molecular formula is C14H23N2O6P. The Kier molecular flexibility index (Phi) is 8.19. The van der Waals surface area contributed by atoms with Crippen molar-refractivity contribution >= 4 is 7.60 Å². The van der Waals surface area contributed by atoms with Crippen molar-refractivity contribution in [2.24, 2.45) is 0 Å². The molecule has 1 aromatic heterocycles. The van der Waals surface area contributed by atoms with Gasteiger partial charge in [0.2, 0.25) is 0 Å². The Balaban J connectivity index is 2.43. The number of rotatable bonds is 10. The standard InChI is InChI=1S/C14H23N2O6P/c1-3-21-8-6-9-22-23(19,20)10-5-4-7-16-11-12(2)13(17)15-14(16)18/h4-5,11H,3,6-10H2,1-2H3,(H,19,20)(H,15,17,18). The first-order chi connectivity index (χ1) is 10.9. The van der Waals surface area contributed by atoms with Crippen molar-refractivity contribution in [3.63, 3.8) is 0 Å². The predicted octanol–water partition coefficient (Wildman–Crippen LogP) is 1.03. The highest BCUT2D eigenvalue weighted by molar-refractivity contribution is 7.53. The average Bonchev–Trinajstić information content (AvgIpc) is 2.48. The van der Waals surface area contributed by atoms with Crippen LogP contribution in [0.3, 0.4) is 0 Å². The van der Waals surface area contributed by atoms with Crippen molar-refractivity contribution in [2.75, 3.05) is 26.0 Å². The van der Waals surface area contributed by atoms with E-state index in [1.165, 1.54) is 16.8 Å². The summed E-state index contributed by atoms with van der Waals surface area (Å²) >= 11 is 0. The highest BCUT2D eigenvalue weighted by Gasteiger charge is 2.16. The summed E-state index contributed by atoms with van der Waals surface area (Å²) in [6, 6.07) is 0. The zero-order valence-electron chi connectivity index (χ0n) is 13.4. The van der Waals surface area contributed by atoms with Crippen LogP contribution in [0.1, 0.15) is 18.9 Å². The van der Waals surface area contributed by atoms with Crippen LogP contribution >= 0.6 is 7.60 Å². The Morgan fingerprint density at radius 1 is 1.35 bits per heavy atom. The molecule has 0 aromatic carbocycles. The molecule has 23 heavy (non-hydrogen) atoms. The average molecular weight is 346 g/mol. The van der Waals surface area contributed by atoms with E-state index in [0.717, 1.165) is 0 Å². The molecule has 1 heterocycles. The zero-order valence-corrected chi connectivity index (χ0v) is 14.3. The number of hydrogen-bond donors (Lipinski definition) is 2. The van der Waals surface area contributed by atoms with Crippen LogP contribution in [0.25, 0.3) is 0 Å². The molecule has 8 nitrogen and oxygen atoms in total. The molecule has 0 fully saturated rings. The van der Waals surface area contributed by atoms with Gasteiger partial charge in [-0.3, -0.25) is 18.9 Å². The second-order valence-electron chi connectivity index (χ2n) is 4.90. The molecule has 0 aliphatic carbocycles. The Morgan fingerprint density at radius 3 is 2.78 bits per heavy atom. The van der Waals surface area contributed by atoms with Gasteiger partial charge in [-0.25, -0.2) is 4.79 Å². The summed E-state index contributed by atoms with van der Waals surface area (Å²) in [5, 5.41) is 0. The van der Waals surface area contributed by atoms with E-state index >= 15 is 0 Å². The maximum atomic E-state index is 11.7. The third-order valence-electron chi connectivity index (χ3n) is 2.92. The van der Waals surface area contributed by atoms with Crippen LogP contribution in [0, 0.1) is 6.92 Å². The topological polar surface area (TPSA) is 111 Å². The maximum Gasteiger partial charge on any atom is 0.331 e. The molecule has 1 rings (SSSR count). The van der Waals surface area contributed by atoms with Gasteiger partial charge >= 0.3 is 13.3 Å². The number of aromatic nitrogens is 2. The molecule has 0 aliphatic rings. The second kappa shape index (κ2) is 9.62. The minimum Gasteiger partial charge on any atom is -0.382 e. The molecule has 0 saturated heterocycles.